The molecular formula is C27H21N5S. The first-order chi connectivity index (χ1) is 16.3. The van der Waals surface area contributed by atoms with Gasteiger partial charge in [0.05, 0.1) is 10.2 Å². The van der Waals surface area contributed by atoms with Crippen LogP contribution in [0.3, 0.4) is 0 Å². The average Bonchev–Trinajstić information content (AvgIpc) is 3.49. The quantitative estimate of drug-likeness (QED) is 0.253. The van der Waals surface area contributed by atoms with E-state index in [2.05, 4.69) is 105 Å². The van der Waals surface area contributed by atoms with Crippen LogP contribution in [0.1, 0.15) is 5.56 Å². The van der Waals surface area contributed by atoms with Gasteiger partial charge in [0.2, 0.25) is 0 Å². The van der Waals surface area contributed by atoms with E-state index in [9.17, 15) is 0 Å². The number of nitrogens with one attached hydrogen (secondary N) is 3. The van der Waals surface area contributed by atoms with Crippen LogP contribution in [0, 0.1) is 0 Å². The summed E-state index contributed by atoms with van der Waals surface area (Å²) in [4.78, 5) is 13.5. The molecule has 0 spiro atoms. The van der Waals surface area contributed by atoms with Crippen molar-refractivity contribution >= 4 is 49.6 Å². The van der Waals surface area contributed by atoms with Crippen molar-refractivity contribution in [3.63, 3.8) is 0 Å². The number of thiophene rings is 1. The van der Waals surface area contributed by atoms with E-state index >= 15 is 0 Å². The lowest BCUT2D eigenvalue weighted by Crippen LogP contribution is -1.99. The molecule has 0 aliphatic carbocycles. The van der Waals surface area contributed by atoms with E-state index in [-0.39, 0.29) is 0 Å². The molecule has 3 aromatic carbocycles. The topological polar surface area (TPSA) is 65.6 Å². The zero-order valence-corrected chi connectivity index (χ0v) is 18.6. The number of hydrogen-bond donors (Lipinski definition) is 3. The minimum absolute atomic E-state index is 0.765. The van der Waals surface area contributed by atoms with Crippen LogP contribution in [-0.4, -0.2) is 15.0 Å². The number of nitrogens with zero attached hydrogens (tertiary/aromatic N) is 2. The van der Waals surface area contributed by atoms with Crippen molar-refractivity contribution in [1.29, 1.82) is 0 Å². The summed E-state index contributed by atoms with van der Waals surface area (Å²) < 4.78 is 1.05. The standard InChI is InChI=1S/C27H21N5S/c1-2-6-18(7-3-1)25-14-24-26(33-25)27(31-17-30-24)32-21-12-10-20(11-13-21)28-15-19-16-29-23-9-5-4-8-22(19)23/h1-14,16-17,28-29H,15H2,(H,30,31,32). The first kappa shape index (κ1) is 19.5. The molecule has 3 aromatic heterocycles. The maximum atomic E-state index is 4.50. The monoisotopic (exact) mass is 447 g/mol. The van der Waals surface area contributed by atoms with Crippen LogP contribution in [-0.2, 0) is 6.54 Å². The lowest BCUT2D eigenvalue weighted by molar-refractivity contribution is 1.16. The van der Waals surface area contributed by atoms with Gasteiger partial charge in [0.15, 0.2) is 5.82 Å². The predicted molar refractivity (Wildman–Crippen MR) is 138 cm³/mol. The van der Waals surface area contributed by atoms with Crippen LogP contribution in [0.25, 0.3) is 31.6 Å². The predicted octanol–water partition coefficient (Wildman–Crippen LogP) is 7.20. The Balaban J connectivity index is 1.19. The molecule has 5 nitrogen and oxygen atoms in total. The molecule has 0 saturated heterocycles. The number of benzene rings is 3. The van der Waals surface area contributed by atoms with Crippen LogP contribution >= 0.6 is 11.3 Å². The Bertz CT molecular complexity index is 1530. The summed E-state index contributed by atoms with van der Waals surface area (Å²) in [5.74, 6) is 0.826. The fourth-order valence-electron chi connectivity index (χ4n) is 3.97. The molecule has 3 heterocycles. The highest BCUT2D eigenvalue weighted by Gasteiger charge is 2.10. The zero-order chi connectivity index (χ0) is 22.0. The van der Waals surface area contributed by atoms with Crippen LogP contribution < -0.4 is 10.6 Å². The number of hydrogen-bond acceptors (Lipinski definition) is 5. The fraction of sp³-hybridized carbons (Fsp3) is 0.0370. The highest BCUT2D eigenvalue weighted by molar-refractivity contribution is 7.22. The van der Waals surface area contributed by atoms with Gasteiger partial charge in [0.25, 0.3) is 0 Å². The molecule has 0 aliphatic heterocycles. The molecule has 0 amide bonds. The second-order valence-corrected chi connectivity index (χ2v) is 8.88. The van der Waals surface area contributed by atoms with Crippen LogP contribution in [0.4, 0.5) is 17.2 Å². The summed E-state index contributed by atoms with van der Waals surface area (Å²) in [7, 11) is 0. The fourth-order valence-corrected chi connectivity index (χ4v) is 5.03. The van der Waals surface area contributed by atoms with Gasteiger partial charge in [-0.1, -0.05) is 48.5 Å². The third kappa shape index (κ3) is 3.92. The van der Waals surface area contributed by atoms with Crippen molar-refractivity contribution < 1.29 is 0 Å². The summed E-state index contributed by atoms with van der Waals surface area (Å²) in [6.07, 6.45) is 3.68. The van der Waals surface area contributed by atoms with Gasteiger partial charge in [-0.15, -0.1) is 11.3 Å². The second kappa shape index (κ2) is 8.41. The SMILES string of the molecule is c1ccc(-c2cc3ncnc(Nc4ccc(NCc5c[nH]c6ccccc56)cc4)c3s2)cc1. The number of anilines is 3. The van der Waals surface area contributed by atoms with Gasteiger partial charge in [0.1, 0.15) is 6.33 Å². The van der Waals surface area contributed by atoms with Crippen molar-refractivity contribution in [1.82, 2.24) is 15.0 Å². The molecular weight excluding hydrogens is 426 g/mol. The van der Waals surface area contributed by atoms with E-state index in [0.717, 1.165) is 39.5 Å². The summed E-state index contributed by atoms with van der Waals surface area (Å²) >= 11 is 1.70. The van der Waals surface area contributed by atoms with E-state index in [0.29, 0.717) is 0 Å². The molecule has 6 rings (SSSR count). The number of aromatic nitrogens is 3. The third-order valence-corrected chi connectivity index (χ3v) is 6.86. The van der Waals surface area contributed by atoms with Crippen molar-refractivity contribution in [2.75, 3.05) is 10.6 Å². The second-order valence-electron chi connectivity index (χ2n) is 7.83. The molecule has 160 valence electrons. The minimum atomic E-state index is 0.765. The van der Waals surface area contributed by atoms with Crippen LogP contribution in [0.5, 0.6) is 0 Å². The number of H-pyrrole nitrogens is 1. The van der Waals surface area contributed by atoms with Gasteiger partial charge in [-0.2, -0.15) is 0 Å². The first-order valence-corrected chi connectivity index (χ1v) is 11.6. The Morgan fingerprint density at radius 3 is 2.48 bits per heavy atom. The minimum Gasteiger partial charge on any atom is -0.381 e. The zero-order valence-electron chi connectivity index (χ0n) is 17.7. The Morgan fingerprint density at radius 1 is 0.818 bits per heavy atom. The van der Waals surface area contributed by atoms with Crippen molar-refractivity contribution in [2.45, 2.75) is 6.54 Å². The molecule has 33 heavy (non-hydrogen) atoms. The largest absolute Gasteiger partial charge is 0.381 e. The highest BCUT2D eigenvalue weighted by Crippen LogP contribution is 2.36. The number of fused-ring (bicyclic) bond motifs is 2. The molecule has 0 bridgehead atoms. The van der Waals surface area contributed by atoms with E-state index < -0.39 is 0 Å². The molecule has 0 unspecified atom stereocenters. The van der Waals surface area contributed by atoms with E-state index in [4.69, 9.17) is 0 Å². The van der Waals surface area contributed by atoms with E-state index in [1.165, 1.54) is 21.4 Å². The van der Waals surface area contributed by atoms with E-state index in [1.54, 1.807) is 17.7 Å². The van der Waals surface area contributed by atoms with Gasteiger partial charge in [-0.3, -0.25) is 0 Å². The molecule has 0 fully saturated rings. The lowest BCUT2D eigenvalue weighted by atomic mass is 10.1. The number of para-hydroxylation sites is 1. The molecule has 0 radical (unpaired) electrons. The molecule has 0 saturated carbocycles. The van der Waals surface area contributed by atoms with Gasteiger partial charge in [0, 0.05) is 39.9 Å². The summed E-state index contributed by atoms with van der Waals surface area (Å²) in [5, 5.41) is 8.22. The maximum absolute atomic E-state index is 4.50. The Hall–Kier alpha value is -4.16. The normalized spacial score (nSPS) is 11.2. The Kier molecular flexibility index (Phi) is 4.97. The van der Waals surface area contributed by atoms with Gasteiger partial charge >= 0.3 is 0 Å². The Labute approximate surface area is 195 Å². The van der Waals surface area contributed by atoms with Crippen LogP contribution in [0.2, 0.25) is 0 Å². The van der Waals surface area contributed by atoms with Crippen molar-refractivity contribution in [3.8, 4) is 10.4 Å². The molecule has 6 aromatic rings. The third-order valence-electron chi connectivity index (χ3n) is 5.68. The number of aromatic amines is 1. The van der Waals surface area contributed by atoms with Crippen LogP contribution in [0.15, 0.2) is 97.5 Å². The van der Waals surface area contributed by atoms with Crippen molar-refractivity contribution in [3.05, 3.63) is 103 Å². The molecule has 6 heteroatoms. The summed E-state index contributed by atoms with van der Waals surface area (Å²) in [6.45, 7) is 0.765. The van der Waals surface area contributed by atoms with Crippen molar-refractivity contribution in [2.24, 2.45) is 0 Å². The Morgan fingerprint density at radius 2 is 1.61 bits per heavy atom. The summed E-state index contributed by atoms with van der Waals surface area (Å²) in [5.41, 5.74) is 6.62. The smallest absolute Gasteiger partial charge is 0.151 e. The lowest BCUT2D eigenvalue weighted by Gasteiger charge is -2.09. The maximum Gasteiger partial charge on any atom is 0.151 e. The average molecular weight is 448 g/mol. The van der Waals surface area contributed by atoms with Gasteiger partial charge in [-0.05, 0) is 47.5 Å². The molecule has 0 atom stereocenters. The van der Waals surface area contributed by atoms with E-state index in [1.807, 2.05) is 12.1 Å². The number of rotatable bonds is 6. The summed E-state index contributed by atoms with van der Waals surface area (Å²) in [6, 6.07) is 29.2. The van der Waals surface area contributed by atoms with Gasteiger partial charge in [-0.25, -0.2) is 9.97 Å². The highest BCUT2D eigenvalue weighted by atomic mass is 32.1. The first-order valence-electron chi connectivity index (χ1n) is 10.8. The van der Waals surface area contributed by atoms with Gasteiger partial charge < -0.3 is 15.6 Å². The molecule has 3 N–H and O–H groups in total. The molecule has 0 aliphatic rings.